The van der Waals surface area contributed by atoms with Crippen LogP contribution in [0.2, 0.25) is 0 Å². The molecule has 2 amide bonds. The van der Waals surface area contributed by atoms with Gasteiger partial charge in [-0.1, -0.05) is 12.1 Å². The van der Waals surface area contributed by atoms with Gasteiger partial charge in [-0.05, 0) is 12.1 Å². The molecule has 1 aromatic heterocycles. The van der Waals surface area contributed by atoms with Crippen LogP contribution in [0.15, 0.2) is 35.8 Å². The van der Waals surface area contributed by atoms with Gasteiger partial charge in [0.25, 0.3) is 11.8 Å². The standard InChI is InChI=1S/C16H17N3O4S/c20-14(18-16-17-5-10-24-16)11-23-13-4-2-1-3-12(13)15(21)19-6-8-22-9-7-19/h1-5,10H,6-9,11H2,(H,17,18,20). The predicted molar refractivity (Wildman–Crippen MR) is 89.4 cm³/mol. The van der Waals surface area contributed by atoms with Gasteiger partial charge in [-0.2, -0.15) is 0 Å². The zero-order valence-corrected chi connectivity index (χ0v) is 13.8. The molecule has 0 saturated carbocycles. The third-order valence-electron chi connectivity index (χ3n) is 3.45. The van der Waals surface area contributed by atoms with E-state index in [1.807, 2.05) is 0 Å². The summed E-state index contributed by atoms with van der Waals surface area (Å²) in [5.41, 5.74) is 0.446. The number of carbonyl (C=O) groups is 2. The largest absolute Gasteiger partial charge is 0.483 e. The van der Waals surface area contributed by atoms with Gasteiger partial charge in [0.05, 0.1) is 18.8 Å². The van der Waals surface area contributed by atoms with Crippen molar-refractivity contribution in [2.45, 2.75) is 0 Å². The van der Waals surface area contributed by atoms with Gasteiger partial charge in [0.1, 0.15) is 5.75 Å². The number of thiazole rings is 1. The number of anilines is 1. The number of nitrogens with one attached hydrogen (secondary N) is 1. The van der Waals surface area contributed by atoms with Crippen molar-refractivity contribution in [2.24, 2.45) is 0 Å². The average molecular weight is 347 g/mol. The summed E-state index contributed by atoms with van der Waals surface area (Å²) in [6.45, 7) is 1.98. The number of amides is 2. The summed E-state index contributed by atoms with van der Waals surface area (Å²) < 4.78 is 10.8. The second-order valence-corrected chi connectivity index (χ2v) is 5.97. The van der Waals surface area contributed by atoms with Crippen molar-refractivity contribution in [3.63, 3.8) is 0 Å². The van der Waals surface area contributed by atoms with Crippen LogP contribution in [0.1, 0.15) is 10.4 Å². The first kappa shape index (κ1) is 16.4. The third-order valence-corrected chi connectivity index (χ3v) is 4.14. The van der Waals surface area contributed by atoms with Crippen LogP contribution in [0.4, 0.5) is 5.13 Å². The van der Waals surface area contributed by atoms with Crippen LogP contribution in [0.25, 0.3) is 0 Å². The molecule has 0 spiro atoms. The summed E-state index contributed by atoms with van der Waals surface area (Å²) in [5, 5.41) is 4.92. The number of nitrogens with zero attached hydrogens (tertiary/aromatic N) is 2. The monoisotopic (exact) mass is 347 g/mol. The maximum Gasteiger partial charge on any atom is 0.264 e. The van der Waals surface area contributed by atoms with E-state index < -0.39 is 0 Å². The number of para-hydroxylation sites is 1. The maximum atomic E-state index is 12.6. The molecule has 1 aliphatic rings. The van der Waals surface area contributed by atoms with Crippen LogP contribution in [0, 0.1) is 0 Å². The Morgan fingerprint density at radius 1 is 1.29 bits per heavy atom. The normalized spacial score (nSPS) is 14.2. The summed E-state index contributed by atoms with van der Waals surface area (Å²) in [5.74, 6) is -0.0453. The lowest BCUT2D eigenvalue weighted by molar-refractivity contribution is -0.118. The summed E-state index contributed by atoms with van der Waals surface area (Å²) in [6, 6.07) is 6.93. The zero-order valence-electron chi connectivity index (χ0n) is 12.9. The molecule has 7 nitrogen and oxygen atoms in total. The van der Waals surface area contributed by atoms with E-state index in [4.69, 9.17) is 9.47 Å². The number of morpholine rings is 1. The molecule has 1 saturated heterocycles. The van der Waals surface area contributed by atoms with Gasteiger partial charge < -0.3 is 14.4 Å². The van der Waals surface area contributed by atoms with Crippen molar-refractivity contribution in [3.8, 4) is 5.75 Å². The molecule has 2 heterocycles. The Balaban J connectivity index is 1.63. The van der Waals surface area contributed by atoms with Crippen molar-refractivity contribution in [1.29, 1.82) is 0 Å². The quantitative estimate of drug-likeness (QED) is 0.889. The number of hydrogen-bond donors (Lipinski definition) is 1. The Hall–Kier alpha value is -2.45. The van der Waals surface area contributed by atoms with E-state index in [1.54, 1.807) is 40.7 Å². The Labute approximate surface area is 143 Å². The molecule has 2 aromatic rings. The van der Waals surface area contributed by atoms with Crippen LogP contribution in [-0.2, 0) is 9.53 Å². The molecule has 8 heteroatoms. The summed E-state index contributed by atoms with van der Waals surface area (Å²) in [4.78, 5) is 30.2. The van der Waals surface area contributed by atoms with Crippen molar-refractivity contribution < 1.29 is 19.1 Å². The number of benzene rings is 1. The lowest BCUT2D eigenvalue weighted by Crippen LogP contribution is -2.40. The van der Waals surface area contributed by atoms with Crippen LogP contribution in [0.5, 0.6) is 5.75 Å². The Kier molecular flexibility index (Phi) is 5.39. The molecule has 1 fully saturated rings. The number of ether oxygens (including phenoxy) is 2. The molecule has 3 rings (SSSR count). The first-order chi connectivity index (χ1) is 11.7. The van der Waals surface area contributed by atoms with Crippen molar-refractivity contribution in [1.82, 2.24) is 9.88 Å². The van der Waals surface area contributed by atoms with Crippen molar-refractivity contribution in [3.05, 3.63) is 41.4 Å². The molecular weight excluding hydrogens is 330 g/mol. The molecule has 0 atom stereocenters. The highest BCUT2D eigenvalue weighted by atomic mass is 32.1. The fourth-order valence-corrected chi connectivity index (χ4v) is 2.83. The van der Waals surface area contributed by atoms with E-state index in [2.05, 4.69) is 10.3 Å². The van der Waals surface area contributed by atoms with E-state index in [0.717, 1.165) is 0 Å². The molecular formula is C16H17N3O4S. The summed E-state index contributed by atoms with van der Waals surface area (Å²) in [6.07, 6.45) is 1.61. The first-order valence-corrected chi connectivity index (χ1v) is 8.40. The molecule has 0 aliphatic carbocycles. The zero-order chi connectivity index (χ0) is 16.8. The summed E-state index contributed by atoms with van der Waals surface area (Å²) >= 11 is 1.33. The maximum absolute atomic E-state index is 12.6. The molecule has 0 unspecified atom stereocenters. The van der Waals surface area contributed by atoms with Crippen molar-refractivity contribution in [2.75, 3.05) is 38.2 Å². The SMILES string of the molecule is O=C(COc1ccccc1C(=O)N1CCOCC1)Nc1nccs1. The van der Waals surface area contributed by atoms with E-state index >= 15 is 0 Å². The summed E-state index contributed by atoms with van der Waals surface area (Å²) in [7, 11) is 0. The van der Waals surface area contributed by atoms with Gasteiger partial charge in [0.15, 0.2) is 11.7 Å². The highest BCUT2D eigenvalue weighted by molar-refractivity contribution is 7.13. The van der Waals surface area contributed by atoms with E-state index in [9.17, 15) is 9.59 Å². The molecule has 24 heavy (non-hydrogen) atoms. The van der Waals surface area contributed by atoms with Crippen LogP contribution >= 0.6 is 11.3 Å². The van der Waals surface area contributed by atoms with Gasteiger partial charge in [0.2, 0.25) is 0 Å². The second-order valence-electron chi connectivity index (χ2n) is 5.07. The highest BCUT2D eigenvalue weighted by Crippen LogP contribution is 2.20. The molecule has 0 bridgehead atoms. The minimum atomic E-state index is -0.321. The molecule has 1 aromatic carbocycles. The number of aromatic nitrogens is 1. The minimum absolute atomic E-state index is 0.116. The van der Waals surface area contributed by atoms with Gasteiger partial charge >= 0.3 is 0 Å². The predicted octanol–water partition coefficient (Wildman–Crippen LogP) is 1.63. The van der Waals surface area contributed by atoms with Crippen LogP contribution in [-0.4, -0.2) is 54.6 Å². The lowest BCUT2D eigenvalue weighted by atomic mass is 10.1. The minimum Gasteiger partial charge on any atom is -0.483 e. The highest BCUT2D eigenvalue weighted by Gasteiger charge is 2.21. The van der Waals surface area contributed by atoms with E-state index in [-0.39, 0.29) is 18.4 Å². The molecule has 0 radical (unpaired) electrons. The van der Waals surface area contributed by atoms with E-state index in [0.29, 0.717) is 42.7 Å². The van der Waals surface area contributed by atoms with Crippen LogP contribution < -0.4 is 10.1 Å². The van der Waals surface area contributed by atoms with E-state index in [1.165, 1.54) is 11.3 Å². The molecule has 126 valence electrons. The fourth-order valence-electron chi connectivity index (χ4n) is 2.29. The lowest BCUT2D eigenvalue weighted by Gasteiger charge is -2.27. The van der Waals surface area contributed by atoms with Gasteiger partial charge in [-0.25, -0.2) is 4.98 Å². The van der Waals surface area contributed by atoms with Gasteiger partial charge in [-0.3, -0.25) is 14.9 Å². The van der Waals surface area contributed by atoms with Crippen molar-refractivity contribution >= 4 is 28.3 Å². The second kappa shape index (κ2) is 7.89. The third kappa shape index (κ3) is 4.09. The average Bonchev–Trinajstić information content (AvgIpc) is 3.13. The number of rotatable bonds is 5. The Morgan fingerprint density at radius 3 is 2.83 bits per heavy atom. The van der Waals surface area contributed by atoms with Crippen LogP contribution in [0.3, 0.4) is 0 Å². The first-order valence-electron chi connectivity index (χ1n) is 7.52. The number of hydrogen-bond acceptors (Lipinski definition) is 6. The van der Waals surface area contributed by atoms with Gasteiger partial charge in [-0.15, -0.1) is 11.3 Å². The Bertz CT molecular complexity index is 699. The smallest absolute Gasteiger partial charge is 0.264 e. The molecule has 1 N–H and O–H groups in total. The van der Waals surface area contributed by atoms with Gasteiger partial charge in [0, 0.05) is 24.7 Å². The fraction of sp³-hybridized carbons (Fsp3) is 0.312. The number of carbonyl (C=O) groups excluding carboxylic acids is 2. The molecule has 1 aliphatic heterocycles. The topological polar surface area (TPSA) is 80.8 Å². The Morgan fingerprint density at radius 2 is 2.08 bits per heavy atom.